The summed E-state index contributed by atoms with van der Waals surface area (Å²) in [5, 5.41) is 9.46. The minimum absolute atomic E-state index is 0.0556. The number of phenols is 1. The molecule has 0 radical (unpaired) electrons. The molecule has 1 aliphatic rings. The van der Waals surface area contributed by atoms with Gasteiger partial charge in [-0.2, -0.15) is 0 Å². The van der Waals surface area contributed by atoms with Gasteiger partial charge in [0.25, 0.3) is 0 Å². The number of hydrogen-bond donors (Lipinski definition) is 2. The number of carbonyl (C=O) groups is 2. The lowest BCUT2D eigenvalue weighted by Crippen LogP contribution is -2.49. The molecule has 37 heavy (non-hydrogen) atoms. The molecule has 0 saturated carbocycles. The van der Waals surface area contributed by atoms with Gasteiger partial charge >= 0.3 is 12.1 Å². The predicted octanol–water partition coefficient (Wildman–Crippen LogP) is 6.54. The third-order valence-electron chi connectivity index (χ3n) is 7.54. The number of cyclic esters (lactones) is 2. The molecule has 1 fully saturated rings. The average Bonchev–Trinajstić information content (AvgIpc) is 3.27. The molecule has 7 heteroatoms. The minimum Gasteiger partial charge on any atom is -0.508 e. The average molecular weight is 520 g/mol. The summed E-state index contributed by atoms with van der Waals surface area (Å²) in [7, 11) is 0. The molecule has 4 unspecified atom stereocenters. The number of benzene rings is 1. The van der Waals surface area contributed by atoms with E-state index in [2.05, 4.69) is 27.7 Å². The van der Waals surface area contributed by atoms with Gasteiger partial charge in [-0.25, -0.2) is 4.79 Å². The first-order chi connectivity index (χ1) is 17.5. The van der Waals surface area contributed by atoms with E-state index in [4.69, 9.17) is 19.9 Å². The second-order valence-corrected chi connectivity index (χ2v) is 11.7. The van der Waals surface area contributed by atoms with Crippen molar-refractivity contribution in [1.29, 1.82) is 0 Å². The van der Waals surface area contributed by atoms with Gasteiger partial charge in [0, 0.05) is 0 Å². The zero-order valence-corrected chi connectivity index (χ0v) is 23.5. The molecular weight excluding hydrogens is 470 g/mol. The van der Waals surface area contributed by atoms with Gasteiger partial charge in [-0.1, -0.05) is 84.8 Å². The van der Waals surface area contributed by atoms with Gasteiger partial charge in [-0.3, -0.25) is 4.79 Å². The van der Waals surface area contributed by atoms with Crippen LogP contribution in [0.5, 0.6) is 5.75 Å². The molecule has 210 valence electrons. The lowest BCUT2D eigenvalue weighted by molar-refractivity contribution is -0.171. The van der Waals surface area contributed by atoms with E-state index in [0.29, 0.717) is 12.3 Å². The Balaban J connectivity index is 1.82. The van der Waals surface area contributed by atoms with Gasteiger partial charge < -0.3 is 25.1 Å². The van der Waals surface area contributed by atoms with Gasteiger partial charge in [0.2, 0.25) is 0 Å². The van der Waals surface area contributed by atoms with Crippen LogP contribution in [0.3, 0.4) is 0 Å². The van der Waals surface area contributed by atoms with E-state index < -0.39 is 29.9 Å². The van der Waals surface area contributed by atoms with Crippen LogP contribution in [0.25, 0.3) is 0 Å². The number of rotatable bonds is 17. The summed E-state index contributed by atoms with van der Waals surface area (Å²) >= 11 is 0. The Morgan fingerprint density at radius 2 is 1.59 bits per heavy atom. The smallest absolute Gasteiger partial charge is 0.508 e. The van der Waals surface area contributed by atoms with Crippen LogP contribution >= 0.6 is 0 Å². The maximum absolute atomic E-state index is 12.9. The Morgan fingerprint density at radius 3 is 2.14 bits per heavy atom. The summed E-state index contributed by atoms with van der Waals surface area (Å²) in [6.45, 7) is 11.1. The molecule has 0 aliphatic carbocycles. The summed E-state index contributed by atoms with van der Waals surface area (Å²) in [6.07, 6.45) is 8.92. The fourth-order valence-corrected chi connectivity index (χ4v) is 4.96. The highest BCUT2D eigenvalue weighted by atomic mass is 16.8. The van der Waals surface area contributed by atoms with Gasteiger partial charge in [-0.05, 0) is 61.6 Å². The standard InChI is InChI=1S/C30H49NO6/c1-21(2)9-6-10-22(3)11-7-12-23(4)13-8-18-30(5,27-20-35-29(34)36-27)37-28(33)26(31)19-24-14-16-25(32)17-15-24/h14-17,21-23,26-27,32H,6-13,18-20,31H2,1-5H3/t22?,23?,26-,27?,30?/m1/s1. The Labute approximate surface area is 223 Å². The van der Waals surface area contributed by atoms with Crippen LogP contribution < -0.4 is 5.73 Å². The third-order valence-corrected chi connectivity index (χ3v) is 7.54. The molecule has 0 bridgehead atoms. The largest absolute Gasteiger partial charge is 0.508 e. The first-order valence-corrected chi connectivity index (χ1v) is 14.1. The van der Waals surface area contributed by atoms with E-state index in [1.807, 2.05) is 0 Å². The monoisotopic (exact) mass is 519 g/mol. The van der Waals surface area contributed by atoms with Crippen LogP contribution in [0.1, 0.15) is 98.0 Å². The quantitative estimate of drug-likeness (QED) is 0.225. The van der Waals surface area contributed by atoms with Crippen LogP contribution in [0, 0.1) is 17.8 Å². The fraction of sp³-hybridized carbons (Fsp3) is 0.733. The summed E-state index contributed by atoms with van der Waals surface area (Å²) in [6, 6.07) is 5.69. The molecular formula is C30H49NO6. The van der Waals surface area contributed by atoms with Crippen molar-refractivity contribution in [3.8, 4) is 5.75 Å². The van der Waals surface area contributed by atoms with E-state index in [1.165, 1.54) is 38.5 Å². The number of hydrogen-bond acceptors (Lipinski definition) is 7. The number of carbonyl (C=O) groups excluding carboxylic acids is 2. The third kappa shape index (κ3) is 11.3. The number of aromatic hydroxyl groups is 1. The van der Waals surface area contributed by atoms with Crippen LogP contribution in [-0.2, 0) is 25.4 Å². The van der Waals surface area contributed by atoms with E-state index in [0.717, 1.165) is 30.2 Å². The van der Waals surface area contributed by atoms with Gasteiger partial charge in [0.1, 0.15) is 24.0 Å². The van der Waals surface area contributed by atoms with Crippen molar-refractivity contribution in [2.45, 2.75) is 117 Å². The number of ether oxygens (including phenoxy) is 3. The highest BCUT2D eigenvalue weighted by molar-refractivity contribution is 5.76. The molecule has 0 aromatic heterocycles. The van der Waals surface area contributed by atoms with E-state index >= 15 is 0 Å². The van der Waals surface area contributed by atoms with Gasteiger partial charge in [0.05, 0.1) is 0 Å². The second kappa shape index (κ2) is 15.2. The highest BCUT2D eigenvalue weighted by Crippen LogP contribution is 2.31. The first-order valence-electron chi connectivity index (χ1n) is 14.1. The maximum Gasteiger partial charge on any atom is 0.508 e. The molecule has 1 aromatic rings. The number of nitrogens with two attached hydrogens (primary N) is 1. The van der Waals surface area contributed by atoms with E-state index in [1.54, 1.807) is 31.2 Å². The molecule has 1 aliphatic heterocycles. The molecule has 7 nitrogen and oxygen atoms in total. The fourth-order valence-electron chi connectivity index (χ4n) is 4.96. The normalized spacial score (nSPS) is 19.5. The summed E-state index contributed by atoms with van der Waals surface area (Å²) in [5.41, 5.74) is 5.95. The first kappa shape index (κ1) is 30.9. The van der Waals surface area contributed by atoms with Gasteiger partial charge in [0.15, 0.2) is 6.10 Å². The van der Waals surface area contributed by atoms with Crippen molar-refractivity contribution in [3.63, 3.8) is 0 Å². The molecule has 2 rings (SSSR count). The van der Waals surface area contributed by atoms with Crippen molar-refractivity contribution < 1.29 is 28.9 Å². The number of esters is 1. The highest BCUT2D eigenvalue weighted by Gasteiger charge is 2.45. The maximum atomic E-state index is 12.9. The zero-order chi connectivity index (χ0) is 27.4. The molecule has 1 saturated heterocycles. The Hall–Kier alpha value is -2.28. The van der Waals surface area contributed by atoms with Crippen molar-refractivity contribution in [3.05, 3.63) is 29.8 Å². The van der Waals surface area contributed by atoms with Gasteiger partial charge in [-0.15, -0.1) is 0 Å². The Morgan fingerprint density at radius 1 is 1.03 bits per heavy atom. The predicted molar refractivity (Wildman–Crippen MR) is 145 cm³/mol. The Kier molecular flexibility index (Phi) is 12.7. The lowest BCUT2D eigenvalue weighted by atomic mass is 9.88. The molecule has 3 N–H and O–H groups in total. The SMILES string of the molecule is CC(C)CCCC(C)CCCC(C)CCCC(C)(OC(=O)[C@H](N)Cc1ccc(O)cc1)C1COC(=O)O1. The van der Waals surface area contributed by atoms with Crippen molar-refractivity contribution >= 4 is 12.1 Å². The molecule has 0 amide bonds. The van der Waals surface area contributed by atoms with E-state index in [9.17, 15) is 14.7 Å². The summed E-state index contributed by atoms with van der Waals surface area (Å²) in [4.78, 5) is 24.5. The van der Waals surface area contributed by atoms with E-state index in [-0.39, 0.29) is 18.8 Å². The zero-order valence-electron chi connectivity index (χ0n) is 23.5. The molecule has 5 atom stereocenters. The summed E-state index contributed by atoms with van der Waals surface area (Å²) < 4.78 is 16.2. The van der Waals surface area contributed by atoms with Crippen molar-refractivity contribution in [1.82, 2.24) is 0 Å². The van der Waals surface area contributed by atoms with Crippen LogP contribution in [0.4, 0.5) is 4.79 Å². The Bertz CT molecular complexity index is 826. The van der Waals surface area contributed by atoms with Crippen LogP contribution in [0.15, 0.2) is 24.3 Å². The number of phenolic OH excluding ortho intramolecular Hbond substituents is 1. The molecule has 1 heterocycles. The van der Waals surface area contributed by atoms with Crippen LogP contribution in [-0.4, -0.2) is 41.6 Å². The van der Waals surface area contributed by atoms with Crippen LogP contribution in [0.2, 0.25) is 0 Å². The molecule has 1 aromatic carbocycles. The lowest BCUT2D eigenvalue weighted by Gasteiger charge is -2.34. The van der Waals surface area contributed by atoms with Crippen molar-refractivity contribution in [2.24, 2.45) is 23.5 Å². The second-order valence-electron chi connectivity index (χ2n) is 11.7. The summed E-state index contributed by atoms with van der Waals surface area (Å²) in [5.74, 6) is 1.74. The topological polar surface area (TPSA) is 108 Å². The minimum atomic E-state index is -1.01. The van der Waals surface area contributed by atoms with Crippen molar-refractivity contribution in [2.75, 3.05) is 6.61 Å². The molecule has 0 spiro atoms.